The van der Waals surface area contributed by atoms with Crippen LogP contribution >= 0.6 is 0 Å². The maximum absolute atomic E-state index is 11.8. The van der Waals surface area contributed by atoms with Gasteiger partial charge in [0.2, 0.25) is 5.91 Å². The number of amides is 1. The van der Waals surface area contributed by atoms with Gasteiger partial charge in [-0.25, -0.2) is 0 Å². The van der Waals surface area contributed by atoms with E-state index in [0.717, 1.165) is 44.3 Å². The van der Waals surface area contributed by atoms with Gasteiger partial charge in [0, 0.05) is 19.5 Å². The molecule has 0 aromatic heterocycles. The van der Waals surface area contributed by atoms with Crippen LogP contribution in [0.1, 0.15) is 51.9 Å². The van der Waals surface area contributed by atoms with E-state index in [1.807, 2.05) is 0 Å². The van der Waals surface area contributed by atoms with E-state index in [-0.39, 0.29) is 5.91 Å². The molecule has 2 rings (SSSR count). The number of piperidine rings is 1. The number of carbonyl (C=O) groups is 1. The first kappa shape index (κ1) is 16.8. The van der Waals surface area contributed by atoms with Crippen molar-refractivity contribution >= 4 is 5.91 Å². The van der Waals surface area contributed by atoms with Gasteiger partial charge in [-0.3, -0.25) is 4.79 Å². The fourth-order valence-electron chi connectivity index (χ4n) is 3.56. The number of hydrogen-bond acceptors (Lipinski definition) is 3. The molecule has 2 aliphatic heterocycles. The average Bonchev–Trinajstić information content (AvgIpc) is 2.98. The van der Waals surface area contributed by atoms with Gasteiger partial charge in [-0.1, -0.05) is 6.92 Å². The number of hydrogen-bond donors (Lipinski definition) is 2. The van der Waals surface area contributed by atoms with Gasteiger partial charge in [-0.05, 0) is 76.5 Å². The molecule has 2 unspecified atom stereocenters. The van der Waals surface area contributed by atoms with E-state index in [2.05, 4.69) is 22.5 Å². The van der Waals surface area contributed by atoms with E-state index in [9.17, 15) is 4.79 Å². The standard InChI is InChI=1S/C17H33N3O/c1-15-5-4-12-20(14-15)11-3-2-9-19-17(21)7-6-16-8-10-18-13-16/h15-16,18H,2-14H2,1H3,(H,19,21). The third-order valence-corrected chi connectivity index (χ3v) is 4.91. The van der Waals surface area contributed by atoms with E-state index in [0.29, 0.717) is 6.42 Å². The summed E-state index contributed by atoms with van der Waals surface area (Å²) in [5.74, 6) is 1.83. The van der Waals surface area contributed by atoms with Crippen LogP contribution in [-0.4, -0.2) is 50.1 Å². The van der Waals surface area contributed by atoms with E-state index >= 15 is 0 Å². The van der Waals surface area contributed by atoms with Crippen LogP contribution in [0.25, 0.3) is 0 Å². The number of nitrogens with one attached hydrogen (secondary N) is 2. The highest BCUT2D eigenvalue weighted by atomic mass is 16.1. The lowest BCUT2D eigenvalue weighted by Crippen LogP contribution is -2.35. The van der Waals surface area contributed by atoms with Crippen molar-refractivity contribution in [2.45, 2.75) is 51.9 Å². The Morgan fingerprint density at radius 3 is 3.00 bits per heavy atom. The second-order valence-corrected chi connectivity index (χ2v) is 7.00. The van der Waals surface area contributed by atoms with E-state index in [4.69, 9.17) is 0 Å². The smallest absolute Gasteiger partial charge is 0.220 e. The van der Waals surface area contributed by atoms with Crippen LogP contribution in [0.3, 0.4) is 0 Å². The molecule has 0 aromatic carbocycles. The van der Waals surface area contributed by atoms with Crippen LogP contribution < -0.4 is 10.6 Å². The van der Waals surface area contributed by atoms with Crippen LogP contribution in [0, 0.1) is 11.8 Å². The highest BCUT2D eigenvalue weighted by molar-refractivity contribution is 5.75. The molecular weight excluding hydrogens is 262 g/mol. The van der Waals surface area contributed by atoms with Crippen molar-refractivity contribution in [1.29, 1.82) is 0 Å². The van der Waals surface area contributed by atoms with Crippen LogP contribution in [0.4, 0.5) is 0 Å². The largest absolute Gasteiger partial charge is 0.356 e. The molecule has 2 N–H and O–H groups in total. The first-order valence-corrected chi connectivity index (χ1v) is 8.94. The van der Waals surface area contributed by atoms with E-state index in [1.165, 1.54) is 45.3 Å². The number of rotatable bonds is 8. The summed E-state index contributed by atoms with van der Waals surface area (Å²) in [7, 11) is 0. The summed E-state index contributed by atoms with van der Waals surface area (Å²) in [6.07, 6.45) is 8.06. The number of carbonyl (C=O) groups excluding carboxylic acids is 1. The summed E-state index contributed by atoms with van der Waals surface area (Å²) in [6.45, 7) is 9.17. The Balaban J connectivity index is 1.42. The highest BCUT2D eigenvalue weighted by Crippen LogP contribution is 2.16. The summed E-state index contributed by atoms with van der Waals surface area (Å²) in [4.78, 5) is 14.4. The average molecular weight is 295 g/mol. The second-order valence-electron chi connectivity index (χ2n) is 7.00. The van der Waals surface area contributed by atoms with Crippen LogP contribution in [-0.2, 0) is 4.79 Å². The Morgan fingerprint density at radius 1 is 1.33 bits per heavy atom. The maximum atomic E-state index is 11.8. The van der Waals surface area contributed by atoms with Crippen LogP contribution in [0.5, 0.6) is 0 Å². The lowest BCUT2D eigenvalue weighted by molar-refractivity contribution is -0.121. The molecule has 4 nitrogen and oxygen atoms in total. The van der Waals surface area contributed by atoms with Crippen molar-refractivity contribution in [1.82, 2.24) is 15.5 Å². The van der Waals surface area contributed by atoms with Crippen molar-refractivity contribution in [3.63, 3.8) is 0 Å². The predicted octanol–water partition coefficient (Wildman–Crippen LogP) is 2.00. The van der Waals surface area contributed by atoms with Gasteiger partial charge >= 0.3 is 0 Å². The van der Waals surface area contributed by atoms with Crippen LogP contribution in [0.15, 0.2) is 0 Å². The zero-order chi connectivity index (χ0) is 14.9. The molecule has 2 atom stereocenters. The van der Waals surface area contributed by atoms with Crippen molar-refractivity contribution in [2.24, 2.45) is 11.8 Å². The Hall–Kier alpha value is -0.610. The lowest BCUT2D eigenvalue weighted by atomic mass is 10.0. The highest BCUT2D eigenvalue weighted by Gasteiger charge is 2.16. The molecule has 0 radical (unpaired) electrons. The molecule has 4 heteroatoms. The number of unbranched alkanes of at least 4 members (excludes halogenated alkanes) is 1. The third kappa shape index (κ3) is 6.79. The monoisotopic (exact) mass is 295 g/mol. The van der Waals surface area contributed by atoms with Crippen molar-refractivity contribution in [3.05, 3.63) is 0 Å². The fraction of sp³-hybridized carbons (Fsp3) is 0.941. The van der Waals surface area contributed by atoms with Gasteiger partial charge in [0.1, 0.15) is 0 Å². The molecule has 0 aromatic rings. The van der Waals surface area contributed by atoms with Gasteiger partial charge < -0.3 is 15.5 Å². The third-order valence-electron chi connectivity index (χ3n) is 4.91. The molecule has 0 aliphatic carbocycles. The second kappa shape index (κ2) is 9.42. The maximum Gasteiger partial charge on any atom is 0.220 e. The Morgan fingerprint density at radius 2 is 2.24 bits per heavy atom. The topological polar surface area (TPSA) is 44.4 Å². The molecule has 122 valence electrons. The Labute approximate surface area is 130 Å². The van der Waals surface area contributed by atoms with E-state index < -0.39 is 0 Å². The van der Waals surface area contributed by atoms with Gasteiger partial charge in [-0.15, -0.1) is 0 Å². The van der Waals surface area contributed by atoms with Crippen molar-refractivity contribution < 1.29 is 4.79 Å². The first-order valence-electron chi connectivity index (χ1n) is 8.94. The predicted molar refractivity (Wildman–Crippen MR) is 87.3 cm³/mol. The molecule has 2 fully saturated rings. The molecule has 2 saturated heterocycles. The lowest BCUT2D eigenvalue weighted by Gasteiger charge is -2.30. The molecule has 0 bridgehead atoms. The fourth-order valence-corrected chi connectivity index (χ4v) is 3.56. The summed E-state index contributed by atoms with van der Waals surface area (Å²) >= 11 is 0. The molecule has 0 saturated carbocycles. The van der Waals surface area contributed by atoms with Gasteiger partial charge in [0.15, 0.2) is 0 Å². The SMILES string of the molecule is CC1CCCN(CCCCNC(=O)CCC2CCNC2)C1. The Bertz CT molecular complexity index is 302. The molecule has 0 spiro atoms. The minimum atomic E-state index is 0.244. The minimum Gasteiger partial charge on any atom is -0.356 e. The molecule has 2 aliphatic rings. The summed E-state index contributed by atoms with van der Waals surface area (Å²) in [5, 5.41) is 6.43. The van der Waals surface area contributed by atoms with Crippen LogP contribution in [0.2, 0.25) is 0 Å². The quantitative estimate of drug-likeness (QED) is 0.673. The van der Waals surface area contributed by atoms with Crippen molar-refractivity contribution in [3.8, 4) is 0 Å². The summed E-state index contributed by atoms with van der Waals surface area (Å²) in [5.41, 5.74) is 0. The minimum absolute atomic E-state index is 0.244. The van der Waals surface area contributed by atoms with Gasteiger partial charge in [0.05, 0.1) is 0 Å². The summed E-state index contributed by atoms with van der Waals surface area (Å²) in [6, 6.07) is 0. The van der Waals surface area contributed by atoms with Gasteiger partial charge in [0.25, 0.3) is 0 Å². The Kier molecular flexibility index (Phi) is 7.51. The zero-order valence-electron chi connectivity index (χ0n) is 13.7. The number of nitrogens with zero attached hydrogens (tertiary/aromatic N) is 1. The van der Waals surface area contributed by atoms with Gasteiger partial charge in [-0.2, -0.15) is 0 Å². The molecule has 2 heterocycles. The molecular formula is C17H33N3O. The van der Waals surface area contributed by atoms with E-state index in [1.54, 1.807) is 0 Å². The molecule has 21 heavy (non-hydrogen) atoms. The molecule has 1 amide bonds. The summed E-state index contributed by atoms with van der Waals surface area (Å²) < 4.78 is 0. The zero-order valence-corrected chi connectivity index (χ0v) is 13.7. The normalized spacial score (nSPS) is 26.9. The van der Waals surface area contributed by atoms with Crippen molar-refractivity contribution in [2.75, 3.05) is 39.3 Å². The number of likely N-dealkylation sites (tertiary alicyclic amines) is 1. The first-order chi connectivity index (χ1) is 10.2.